The smallest absolute Gasteiger partial charge is 0.220 e. The molecule has 6 heteroatoms. The molecule has 98 valence electrons. The van der Waals surface area contributed by atoms with E-state index in [0.29, 0.717) is 12.0 Å². The number of aldehydes is 1. The van der Waals surface area contributed by atoms with Gasteiger partial charge in [0.25, 0.3) is 0 Å². The lowest BCUT2D eigenvalue weighted by atomic mass is 9.97. The molecule has 0 aromatic heterocycles. The van der Waals surface area contributed by atoms with Gasteiger partial charge in [0, 0.05) is 5.56 Å². The fourth-order valence-corrected chi connectivity index (χ4v) is 1.57. The molecule has 1 rings (SSSR count). The third kappa shape index (κ3) is 3.28. The molecule has 0 bridgehead atoms. The normalized spacial score (nSPS) is 13.7. The summed E-state index contributed by atoms with van der Waals surface area (Å²) in [6.45, 7) is 0. The molecule has 0 radical (unpaired) electrons. The Morgan fingerprint density at radius 2 is 2.17 bits per heavy atom. The van der Waals surface area contributed by atoms with E-state index in [1.165, 1.54) is 19.2 Å². The van der Waals surface area contributed by atoms with Crippen molar-refractivity contribution < 1.29 is 24.5 Å². The fourth-order valence-electron chi connectivity index (χ4n) is 1.57. The van der Waals surface area contributed by atoms with Gasteiger partial charge in [0.15, 0.2) is 0 Å². The van der Waals surface area contributed by atoms with Crippen molar-refractivity contribution in [2.24, 2.45) is 5.73 Å². The number of hydrogen-bond donors (Lipinski definition) is 3. The molecule has 0 aliphatic rings. The number of carbonyl (C=O) groups is 2. The Morgan fingerprint density at radius 3 is 2.67 bits per heavy atom. The SMILES string of the molecule is COc1ccc(C=O)c(C(O)C(O)CC(N)=O)c1. The van der Waals surface area contributed by atoms with Crippen LogP contribution in [0.2, 0.25) is 0 Å². The van der Waals surface area contributed by atoms with Gasteiger partial charge in [-0.2, -0.15) is 0 Å². The summed E-state index contributed by atoms with van der Waals surface area (Å²) in [4.78, 5) is 21.5. The van der Waals surface area contributed by atoms with Crippen molar-refractivity contribution in [3.63, 3.8) is 0 Å². The van der Waals surface area contributed by atoms with Gasteiger partial charge in [-0.05, 0) is 23.8 Å². The first-order valence-electron chi connectivity index (χ1n) is 5.27. The molecule has 0 spiro atoms. The van der Waals surface area contributed by atoms with Gasteiger partial charge in [-0.15, -0.1) is 0 Å². The van der Waals surface area contributed by atoms with Crippen LogP contribution in [0.5, 0.6) is 5.75 Å². The Hall–Kier alpha value is -1.92. The molecular formula is C12H15NO5. The van der Waals surface area contributed by atoms with Crippen molar-refractivity contribution in [3.05, 3.63) is 29.3 Å². The predicted octanol–water partition coefficient (Wildman–Crippen LogP) is -0.223. The van der Waals surface area contributed by atoms with Crippen molar-refractivity contribution in [1.82, 2.24) is 0 Å². The van der Waals surface area contributed by atoms with Gasteiger partial charge in [-0.25, -0.2) is 0 Å². The zero-order valence-corrected chi connectivity index (χ0v) is 9.87. The van der Waals surface area contributed by atoms with Crippen LogP contribution in [0.1, 0.15) is 28.4 Å². The zero-order chi connectivity index (χ0) is 13.7. The molecule has 1 amide bonds. The number of amides is 1. The van der Waals surface area contributed by atoms with Crippen LogP contribution in [0, 0.1) is 0 Å². The average molecular weight is 253 g/mol. The molecule has 0 saturated heterocycles. The molecule has 6 nitrogen and oxygen atoms in total. The van der Waals surface area contributed by atoms with Crippen LogP contribution in [0.15, 0.2) is 18.2 Å². The van der Waals surface area contributed by atoms with Crippen LogP contribution in [-0.2, 0) is 4.79 Å². The van der Waals surface area contributed by atoms with Crippen molar-refractivity contribution in [1.29, 1.82) is 0 Å². The highest BCUT2D eigenvalue weighted by molar-refractivity contribution is 5.78. The number of primary amides is 1. The van der Waals surface area contributed by atoms with Gasteiger partial charge >= 0.3 is 0 Å². The summed E-state index contributed by atoms with van der Waals surface area (Å²) in [5, 5.41) is 19.5. The van der Waals surface area contributed by atoms with E-state index in [9.17, 15) is 19.8 Å². The monoisotopic (exact) mass is 253 g/mol. The van der Waals surface area contributed by atoms with Crippen molar-refractivity contribution >= 4 is 12.2 Å². The molecule has 18 heavy (non-hydrogen) atoms. The van der Waals surface area contributed by atoms with Crippen molar-refractivity contribution in [2.45, 2.75) is 18.6 Å². The standard InChI is InChI=1S/C12H15NO5/c1-18-8-3-2-7(6-14)9(4-8)12(17)10(15)5-11(13)16/h2-4,6,10,12,15,17H,5H2,1H3,(H2,13,16). The number of methoxy groups -OCH3 is 1. The van der Waals surface area contributed by atoms with E-state index in [2.05, 4.69) is 0 Å². The summed E-state index contributed by atoms with van der Waals surface area (Å²) in [5.74, 6) is -0.307. The van der Waals surface area contributed by atoms with Gasteiger partial charge in [0.05, 0.1) is 19.6 Å². The highest BCUT2D eigenvalue weighted by Gasteiger charge is 2.23. The second-order valence-electron chi connectivity index (χ2n) is 3.80. The largest absolute Gasteiger partial charge is 0.497 e. The maximum Gasteiger partial charge on any atom is 0.220 e. The van der Waals surface area contributed by atoms with Gasteiger partial charge in [0.2, 0.25) is 5.91 Å². The Bertz CT molecular complexity index is 446. The predicted molar refractivity (Wildman–Crippen MR) is 63.2 cm³/mol. The number of aliphatic hydroxyl groups excluding tert-OH is 2. The molecule has 0 aliphatic heterocycles. The van der Waals surface area contributed by atoms with Gasteiger partial charge < -0.3 is 20.7 Å². The van der Waals surface area contributed by atoms with Crippen LogP contribution in [-0.4, -0.2) is 35.6 Å². The maximum atomic E-state index is 10.9. The molecule has 2 unspecified atom stereocenters. The third-order valence-electron chi connectivity index (χ3n) is 2.51. The number of carbonyl (C=O) groups excluding carboxylic acids is 2. The van der Waals surface area contributed by atoms with E-state index < -0.39 is 24.5 Å². The molecule has 0 saturated carbocycles. The number of rotatable bonds is 6. The van der Waals surface area contributed by atoms with Crippen LogP contribution in [0.25, 0.3) is 0 Å². The van der Waals surface area contributed by atoms with Gasteiger partial charge in [-0.3, -0.25) is 9.59 Å². The molecule has 0 heterocycles. The summed E-state index contributed by atoms with van der Waals surface area (Å²) < 4.78 is 4.97. The summed E-state index contributed by atoms with van der Waals surface area (Å²) in [5.41, 5.74) is 5.34. The Morgan fingerprint density at radius 1 is 1.50 bits per heavy atom. The zero-order valence-electron chi connectivity index (χ0n) is 9.87. The first-order chi connectivity index (χ1) is 8.49. The lowest BCUT2D eigenvalue weighted by Gasteiger charge is -2.19. The first-order valence-corrected chi connectivity index (χ1v) is 5.27. The fraction of sp³-hybridized carbons (Fsp3) is 0.333. The first kappa shape index (κ1) is 14.1. The van der Waals surface area contributed by atoms with Crippen LogP contribution in [0.4, 0.5) is 0 Å². The molecule has 4 N–H and O–H groups in total. The summed E-state index contributed by atoms with van der Waals surface area (Å²) in [6, 6.07) is 4.44. The van der Waals surface area contributed by atoms with Crippen molar-refractivity contribution in [2.75, 3.05) is 7.11 Å². The molecule has 2 atom stereocenters. The minimum atomic E-state index is -1.38. The molecule has 0 fully saturated rings. The summed E-state index contributed by atoms with van der Waals surface area (Å²) in [7, 11) is 1.44. The highest BCUT2D eigenvalue weighted by Crippen LogP contribution is 2.26. The topological polar surface area (TPSA) is 110 Å². The van der Waals surface area contributed by atoms with Gasteiger partial charge in [0.1, 0.15) is 18.1 Å². The number of ether oxygens (including phenoxy) is 1. The van der Waals surface area contributed by atoms with E-state index in [0.717, 1.165) is 0 Å². The Kier molecular flexibility index (Phi) is 4.82. The molecular weight excluding hydrogens is 238 g/mol. The molecule has 0 aliphatic carbocycles. The number of hydrogen-bond acceptors (Lipinski definition) is 5. The summed E-state index contributed by atoms with van der Waals surface area (Å²) in [6.07, 6.45) is -2.59. The minimum Gasteiger partial charge on any atom is -0.497 e. The average Bonchev–Trinajstić information content (AvgIpc) is 2.36. The van der Waals surface area contributed by atoms with E-state index in [1.807, 2.05) is 0 Å². The third-order valence-corrected chi connectivity index (χ3v) is 2.51. The van der Waals surface area contributed by atoms with E-state index in [1.54, 1.807) is 6.07 Å². The highest BCUT2D eigenvalue weighted by atomic mass is 16.5. The second kappa shape index (κ2) is 6.13. The molecule has 1 aromatic rings. The lowest BCUT2D eigenvalue weighted by molar-refractivity contribution is -0.121. The molecule has 1 aromatic carbocycles. The maximum absolute atomic E-state index is 10.9. The van der Waals surface area contributed by atoms with E-state index in [-0.39, 0.29) is 11.1 Å². The Balaban J connectivity index is 3.05. The van der Waals surface area contributed by atoms with Crippen LogP contribution >= 0.6 is 0 Å². The lowest BCUT2D eigenvalue weighted by Crippen LogP contribution is -2.26. The van der Waals surface area contributed by atoms with E-state index in [4.69, 9.17) is 10.5 Å². The second-order valence-corrected chi connectivity index (χ2v) is 3.80. The summed E-state index contributed by atoms with van der Waals surface area (Å²) >= 11 is 0. The van der Waals surface area contributed by atoms with Crippen LogP contribution < -0.4 is 10.5 Å². The van der Waals surface area contributed by atoms with Gasteiger partial charge in [-0.1, -0.05) is 0 Å². The number of benzene rings is 1. The van der Waals surface area contributed by atoms with Crippen LogP contribution in [0.3, 0.4) is 0 Å². The number of nitrogens with two attached hydrogens (primary N) is 1. The minimum absolute atomic E-state index is 0.193. The Labute approximate surface area is 104 Å². The number of aliphatic hydroxyl groups is 2. The van der Waals surface area contributed by atoms with Crippen molar-refractivity contribution in [3.8, 4) is 5.75 Å². The van der Waals surface area contributed by atoms with E-state index >= 15 is 0 Å². The quantitative estimate of drug-likeness (QED) is 0.607.